The van der Waals surface area contributed by atoms with E-state index in [1.165, 1.54) is 11.8 Å². The maximum Gasteiger partial charge on any atom is 0.262 e. The van der Waals surface area contributed by atoms with Gasteiger partial charge in [-0.1, -0.05) is 17.8 Å². The highest BCUT2D eigenvalue weighted by atomic mass is 32.2. The Balaban J connectivity index is 1.22. The molecular weight excluding hydrogens is 480 g/mol. The van der Waals surface area contributed by atoms with Crippen molar-refractivity contribution < 1.29 is 23.9 Å². The molecule has 0 aliphatic carbocycles. The number of methoxy groups -OCH3 is 2. The van der Waals surface area contributed by atoms with E-state index in [2.05, 4.69) is 20.5 Å². The van der Waals surface area contributed by atoms with Crippen LogP contribution in [0.1, 0.15) is 35.2 Å². The number of nitrogens with zero attached hydrogens (tertiary/aromatic N) is 2. The molecule has 2 aromatic rings. The molecule has 0 saturated carbocycles. The highest BCUT2D eigenvalue weighted by molar-refractivity contribution is 8.15. The van der Waals surface area contributed by atoms with Gasteiger partial charge in [-0.05, 0) is 61.2 Å². The second-order valence-corrected chi connectivity index (χ2v) is 9.73. The third kappa shape index (κ3) is 6.37. The highest BCUT2D eigenvalue weighted by Crippen LogP contribution is 2.29. The molecule has 190 valence electrons. The fraction of sp³-hybridized carbons (Fsp3) is 0.385. The summed E-state index contributed by atoms with van der Waals surface area (Å²) in [7, 11) is 3.17. The van der Waals surface area contributed by atoms with Crippen LogP contribution in [-0.2, 0) is 16.0 Å². The SMILES string of the molecule is COc1ccc(CCNC(=O)c2ccc(NC(=O)C[C@@H]3SC(N4CCCC4)=NC3=O)cc2)cc1OC. The minimum atomic E-state index is -0.490. The van der Waals surface area contributed by atoms with E-state index in [-0.39, 0.29) is 24.1 Å². The lowest BCUT2D eigenvalue weighted by Crippen LogP contribution is -2.26. The monoisotopic (exact) mass is 510 g/mol. The third-order valence-corrected chi connectivity index (χ3v) is 7.27. The lowest BCUT2D eigenvalue weighted by atomic mass is 10.1. The van der Waals surface area contributed by atoms with Crippen molar-refractivity contribution in [3.63, 3.8) is 0 Å². The molecule has 0 aromatic heterocycles. The number of thioether (sulfide) groups is 1. The summed E-state index contributed by atoms with van der Waals surface area (Å²) in [4.78, 5) is 43.4. The van der Waals surface area contributed by atoms with Crippen LogP contribution in [0.3, 0.4) is 0 Å². The molecule has 10 heteroatoms. The zero-order valence-electron chi connectivity index (χ0n) is 20.4. The summed E-state index contributed by atoms with van der Waals surface area (Å²) in [5, 5.41) is 5.94. The van der Waals surface area contributed by atoms with Crippen LogP contribution in [-0.4, -0.2) is 66.9 Å². The number of carbonyl (C=O) groups is 3. The average Bonchev–Trinajstić information content (AvgIpc) is 3.54. The van der Waals surface area contributed by atoms with E-state index < -0.39 is 5.25 Å². The van der Waals surface area contributed by atoms with E-state index in [0.717, 1.165) is 36.7 Å². The first-order valence-corrected chi connectivity index (χ1v) is 12.8. The Labute approximate surface area is 214 Å². The highest BCUT2D eigenvalue weighted by Gasteiger charge is 2.33. The average molecular weight is 511 g/mol. The molecule has 2 aliphatic rings. The van der Waals surface area contributed by atoms with Crippen molar-refractivity contribution in [2.75, 3.05) is 39.2 Å². The van der Waals surface area contributed by atoms with Gasteiger partial charge in [0, 0.05) is 37.3 Å². The van der Waals surface area contributed by atoms with Gasteiger partial charge in [0.1, 0.15) is 5.25 Å². The van der Waals surface area contributed by atoms with Crippen LogP contribution in [0, 0.1) is 0 Å². The second-order valence-electron chi connectivity index (χ2n) is 8.56. The first-order valence-electron chi connectivity index (χ1n) is 11.9. The van der Waals surface area contributed by atoms with Crippen LogP contribution in [0.15, 0.2) is 47.5 Å². The molecular formula is C26H30N4O5S. The number of aliphatic imine (C=N–C) groups is 1. The standard InChI is InChI=1S/C26H30N4O5S/c1-34-20-10-5-17(15-21(20)35-2)11-12-27-24(32)18-6-8-19(9-7-18)28-23(31)16-22-25(33)29-26(36-22)30-13-3-4-14-30/h5-10,15,22H,3-4,11-14,16H2,1-2H3,(H,27,32)(H,28,31)/t22-/m0/s1. The summed E-state index contributed by atoms with van der Waals surface area (Å²) in [5.41, 5.74) is 2.08. The predicted octanol–water partition coefficient (Wildman–Crippen LogP) is 3.10. The summed E-state index contributed by atoms with van der Waals surface area (Å²) >= 11 is 1.37. The van der Waals surface area contributed by atoms with Gasteiger partial charge in [0.25, 0.3) is 11.8 Å². The maximum atomic E-state index is 12.5. The van der Waals surface area contributed by atoms with E-state index in [9.17, 15) is 14.4 Å². The van der Waals surface area contributed by atoms with E-state index in [1.807, 2.05) is 18.2 Å². The first kappa shape index (κ1) is 25.6. The molecule has 0 unspecified atom stereocenters. The van der Waals surface area contributed by atoms with E-state index in [1.54, 1.807) is 38.5 Å². The second kappa shape index (κ2) is 11.9. The van der Waals surface area contributed by atoms with Crippen LogP contribution < -0.4 is 20.1 Å². The quantitative estimate of drug-likeness (QED) is 0.534. The summed E-state index contributed by atoms with van der Waals surface area (Å²) in [6, 6.07) is 12.3. The van der Waals surface area contributed by atoms with Gasteiger partial charge < -0.3 is 25.0 Å². The number of hydrogen-bond acceptors (Lipinski definition) is 7. The van der Waals surface area contributed by atoms with Gasteiger partial charge >= 0.3 is 0 Å². The number of ether oxygens (including phenoxy) is 2. The number of amides is 3. The number of nitrogens with one attached hydrogen (secondary N) is 2. The Bertz CT molecular complexity index is 1150. The number of likely N-dealkylation sites (tertiary alicyclic amines) is 1. The largest absolute Gasteiger partial charge is 0.493 e. The number of carbonyl (C=O) groups excluding carboxylic acids is 3. The van der Waals surface area contributed by atoms with Gasteiger partial charge in [-0.25, -0.2) is 0 Å². The van der Waals surface area contributed by atoms with Gasteiger partial charge in [-0.3, -0.25) is 14.4 Å². The lowest BCUT2D eigenvalue weighted by molar-refractivity contribution is -0.121. The predicted molar refractivity (Wildman–Crippen MR) is 140 cm³/mol. The fourth-order valence-corrected chi connectivity index (χ4v) is 5.21. The molecule has 1 atom stereocenters. The Morgan fingerprint density at radius 3 is 2.47 bits per heavy atom. The van der Waals surface area contributed by atoms with Crippen molar-refractivity contribution in [2.24, 2.45) is 4.99 Å². The molecule has 9 nitrogen and oxygen atoms in total. The number of benzene rings is 2. The summed E-state index contributed by atoms with van der Waals surface area (Å²) in [5.74, 6) is 0.594. The summed E-state index contributed by atoms with van der Waals surface area (Å²) < 4.78 is 10.6. The topological polar surface area (TPSA) is 109 Å². The van der Waals surface area contributed by atoms with Crippen molar-refractivity contribution in [1.82, 2.24) is 10.2 Å². The Hall–Kier alpha value is -3.53. The molecule has 3 amide bonds. The molecule has 36 heavy (non-hydrogen) atoms. The zero-order chi connectivity index (χ0) is 25.5. The fourth-order valence-electron chi connectivity index (χ4n) is 4.10. The number of anilines is 1. The Morgan fingerprint density at radius 1 is 1.06 bits per heavy atom. The first-order chi connectivity index (χ1) is 17.5. The summed E-state index contributed by atoms with van der Waals surface area (Å²) in [6.07, 6.45) is 2.90. The molecule has 2 heterocycles. The van der Waals surface area contributed by atoms with Crippen molar-refractivity contribution in [3.05, 3.63) is 53.6 Å². The molecule has 4 rings (SSSR count). The van der Waals surface area contributed by atoms with Crippen molar-refractivity contribution in [1.29, 1.82) is 0 Å². The van der Waals surface area contributed by atoms with Gasteiger partial charge in [-0.2, -0.15) is 4.99 Å². The van der Waals surface area contributed by atoms with E-state index in [0.29, 0.717) is 35.7 Å². The lowest BCUT2D eigenvalue weighted by Gasteiger charge is -2.16. The van der Waals surface area contributed by atoms with Crippen molar-refractivity contribution in [3.8, 4) is 11.5 Å². The van der Waals surface area contributed by atoms with E-state index in [4.69, 9.17) is 9.47 Å². The molecule has 2 N–H and O–H groups in total. The van der Waals surface area contributed by atoms with Crippen molar-refractivity contribution >= 4 is 40.3 Å². The minimum absolute atomic E-state index is 0.0583. The number of amidine groups is 1. The van der Waals surface area contributed by atoms with Crippen LogP contribution in [0.25, 0.3) is 0 Å². The van der Waals surface area contributed by atoms with E-state index >= 15 is 0 Å². The van der Waals surface area contributed by atoms with Crippen LogP contribution in [0.5, 0.6) is 11.5 Å². The van der Waals surface area contributed by atoms with Gasteiger partial charge in [0.05, 0.1) is 14.2 Å². The van der Waals surface area contributed by atoms with Gasteiger partial charge in [-0.15, -0.1) is 0 Å². The normalized spacial score (nSPS) is 17.1. The van der Waals surface area contributed by atoms with Crippen molar-refractivity contribution in [2.45, 2.75) is 30.9 Å². The third-order valence-electron chi connectivity index (χ3n) is 6.05. The Kier molecular flexibility index (Phi) is 8.48. The maximum absolute atomic E-state index is 12.5. The molecule has 0 radical (unpaired) electrons. The molecule has 1 saturated heterocycles. The van der Waals surface area contributed by atoms with Crippen LogP contribution >= 0.6 is 11.8 Å². The van der Waals surface area contributed by atoms with Gasteiger partial charge in [0.15, 0.2) is 16.7 Å². The van der Waals surface area contributed by atoms with Crippen LogP contribution in [0.4, 0.5) is 5.69 Å². The van der Waals surface area contributed by atoms with Gasteiger partial charge in [0.2, 0.25) is 5.91 Å². The Morgan fingerprint density at radius 2 is 1.78 bits per heavy atom. The smallest absolute Gasteiger partial charge is 0.262 e. The molecule has 2 aliphatic heterocycles. The molecule has 0 bridgehead atoms. The minimum Gasteiger partial charge on any atom is -0.493 e. The molecule has 0 spiro atoms. The summed E-state index contributed by atoms with van der Waals surface area (Å²) in [6.45, 7) is 2.28. The number of hydrogen-bond donors (Lipinski definition) is 2. The van der Waals surface area contributed by atoms with Crippen LogP contribution in [0.2, 0.25) is 0 Å². The number of rotatable bonds is 9. The molecule has 1 fully saturated rings. The zero-order valence-corrected chi connectivity index (χ0v) is 21.2. The molecule has 2 aromatic carbocycles.